The third-order valence-electron chi connectivity index (χ3n) is 3.68. The van der Waals surface area contributed by atoms with Crippen LogP contribution in [0.5, 0.6) is 5.75 Å². The van der Waals surface area contributed by atoms with E-state index < -0.39 is 0 Å². The van der Waals surface area contributed by atoms with Crippen molar-refractivity contribution in [3.8, 4) is 5.75 Å². The molecule has 1 aromatic carbocycles. The van der Waals surface area contributed by atoms with E-state index in [1.807, 2.05) is 13.8 Å². The highest BCUT2D eigenvalue weighted by Gasteiger charge is 2.24. The molecule has 1 N–H and O–H groups in total. The second-order valence-electron chi connectivity index (χ2n) is 5.59. The van der Waals surface area contributed by atoms with Crippen LogP contribution in [0.3, 0.4) is 0 Å². The van der Waals surface area contributed by atoms with Crippen LogP contribution in [0, 0.1) is 16.0 Å². The molecule has 0 fully saturated rings. The van der Waals surface area contributed by atoms with E-state index in [0.717, 1.165) is 12.8 Å². The molecule has 0 aliphatic carbocycles. The van der Waals surface area contributed by atoms with Gasteiger partial charge in [-0.25, -0.2) is 0 Å². The second-order valence-corrected chi connectivity index (χ2v) is 5.59. The number of nitro groups is 1. The number of para-hydroxylation sites is 1. The Hall–Kier alpha value is -1.78. The first-order chi connectivity index (χ1) is 9.90. The molecule has 5 heteroatoms. The number of hydrogen-bond acceptors (Lipinski definition) is 4. The Labute approximate surface area is 126 Å². The van der Waals surface area contributed by atoms with E-state index in [2.05, 4.69) is 26.1 Å². The summed E-state index contributed by atoms with van der Waals surface area (Å²) in [6, 6.07) is 5.34. The van der Waals surface area contributed by atoms with Crippen molar-refractivity contribution in [3.05, 3.63) is 28.3 Å². The summed E-state index contributed by atoms with van der Waals surface area (Å²) in [5, 5.41) is 14.7. The van der Waals surface area contributed by atoms with Crippen LogP contribution in [-0.4, -0.2) is 17.1 Å². The van der Waals surface area contributed by atoms with Gasteiger partial charge in [0.1, 0.15) is 5.69 Å². The molecule has 0 aliphatic rings. The first kappa shape index (κ1) is 17.3. The minimum atomic E-state index is -0.375. The molecule has 1 rings (SSSR count). The van der Waals surface area contributed by atoms with Gasteiger partial charge in [-0.05, 0) is 38.8 Å². The quantitative estimate of drug-likeness (QED) is 0.561. The molecule has 0 radical (unpaired) electrons. The molecule has 0 aromatic heterocycles. The molecule has 1 aromatic rings. The highest BCUT2D eigenvalue weighted by Crippen LogP contribution is 2.36. The Kier molecular flexibility index (Phi) is 6.46. The zero-order valence-electron chi connectivity index (χ0n) is 13.6. The van der Waals surface area contributed by atoms with E-state index >= 15 is 0 Å². The maximum Gasteiger partial charge on any atom is 0.333 e. The average Bonchev–Trinajstić information content (AvgIpc) is 2.39. The van der Waals surface area contributed by atoms with E-state index in [4.69, 9.17) is 4.74 Å². The van der Waals surface area contributed by atoms with Crippen molar-refractivity contribution in [2.24, 2.45) is 5.92 Å². The van der Waals surface area contributed by atoms with Crippen molar-refractivity contribution in [2.75, 3.05) is 5.32 Å². The Morgan fingerprint density at radius 3 is 2.33 bits per heavy atom. The zero-order chi connectivity index (χ0) is 16.0. The number of hydrogen-bond donors (Lipinski definition) is 1. The smallest absolute Gasteiger partial charge is 0.333 e. The topological polar surface area (TPSA) is 64.4 Å². The van der Waals surface area contributed by atoms with Crippen molar-refractivity contribution >= 4 is 11.4 Å². The molecule has 1 unspecified atom stereocenters. The first-order valence-corrected chi connectivity index (χ1v) is 7.61. The van der Waals surface area contributed by atoms with Gasteiger partial charge in [0, 0.05) is 6.04 Å². The number of rotatable bonds is 8. The summed E-state index contributed by atoms with van der Waals surface area (Å²) in [5.74, 6) is 0.802. The molecular formula is C16H26N2O3. The van der Waals surface area contributed by atoms with Crippen molar-refractivity contribution in [2.45, 2.75) is 59.6 Å². The number of nitrogens with one attached hydrogen (secondary N) is 1. The molecule has 0 heterocycles. The van der Waals surface area contributed by atoms with Gasteiger partial charge in [-0.1, -0.05) is 32.8 Å². The van der Waals surface area contributed by atoms with Gasteiger partial charge < -0.3 is 10.1 Å². The normalized spacial score (nSPS) is 12.5. The van der Waals surface area contributed by atoms with Crippen LogP contribution in [0.2, 0.25) is 0 Å². The number of nitro benzene ring substituents is 1. The van der Waals surface area contributed by atoms with E-state index in [-0.39, 0.29) is 22.8 Å². The fourth-order valence-corrected chi connectivity index (χ4v) is 2.54. The first-order valence-electron chi connectivity index (χ1n) is 7.61. The zero-order valence-corrected chi connectivity index (χ0v) is 13.6. The van der Waals surface area contributed by atoms with Crippen molar-refractivity contribution < 1.29 is 9.66 Å². The molecule has 21 heavy (non-hydrogen) atoms. The Balaban J connectivity index is 3.09. The summed E-state index contributed by atoms with van der Waals surface area (Å²) in [6.45, 7) is 10.1. The van der Waals surface area contributed by atoms with Gasteiger partial charge in [0.05, 0.1) is 11.0 Å². The van der Waals surface area contributed by atoms with Crippen LogP contribution in [0.4, 0.5) is 11.4 Å². The van der Waals surface area contributed by atoms with Crippen LogP contribution in [-0.2, 0) is 0 Å². The van der Waals surface area contributed by atoms with Crippen molar-refractivity contribution in [3.63, 3.8) is 0 Å². The molecule has 0 spiro atoms. The standard InChI is InChI=1S/C16H26N2O3/c1-6-13(7-2)12(5)17-14-9-8-10-15(21-11(3)4)16(14)18(19)20/h8-13,17H,6-7H2,1-5H3. The average molecular weight is 294 g/mol. The molecule has 0 saturated heterocycles. The maximum atomic E-state index is 11.4. The van der Waals surface area contributed by atoms with Crippen LogP contribution in [0.15, 0.2) is 18.2 Å². The molecule has 0 amide bonds. The Bertz CT molecular complexity index is 471. The molecule has 0 bridgehead atoms. The summed E-state index contributed by atoms with van der Waals surface area (Å²) in [5.41, 5.74) is 0.543. The largest absolute Gasteiger partial charge is 0.484 e. The minimum absolute atomic E-state index is 0.0176. The van der Waals surface area contributed by atoms with E-state index in [0.29, 0.717) is 17.4 Å². The SMILES string of the molecule is CCC(CC)C(C)Nc1cccc(OC(C)C)c1[N+](=O)[O-]. The summed E-state index contributed by atoms with van der Waals surface area (Å²) in [6.07, 6.45) is 1.98. The number of benzene rings is 1. The van der Waals surface area contributed by atoms with Gasteiger partial charge in [-0.15, -0.1) is 0 Å². The van der Waals surface area contributed by atoms with E-state index in [1.54, 1.807) is 18.2 Å². The van der Waals surface area contributed by atoms with Crippen molar-refractivity contribution in [1.29, 1.82) is 0 Å². The lowest BCUT2D eigenvalue weighted by Crippen LogP contribution is -2.25. The van der Waals surface area contributed by atoms with Crippen LogP contribution < -0.4 is 10.1 Å². The summed E-state index contributed by atoms with van der Waals surface area (Å²) >= 11 is 0. The van der Waals surface area contributed by atoms with E-state index in [1.165, 1.54) is 0 Å². The highest BCUT2D eigenvalue weighted by molar-refractivity contribution is 5.68. The molecule has 118 valence electrons. The van der Waals surface area contributed by atoms with Gasteiger partial charge in [0.2, 0.25) is 0 Å². The van der Waals surface area contributed by atoms with Crippen molar-refractivity contribution in [1.82, 2.24) is 0 Å². The lowest BCUT2D eigenvalue weighted by atomic mass is 9.95. The lowest BCUT2D eigenvalue weighted by Gasteiger charge is -2.24. The van der Waals surface area contributed by atoms with Gasteiger partial charge >= 0.3 is 5.69 Å². The Morgan fingerprint density at radius 1 is 1.24 bits per heavy atom. The molecule has 0 saturated carbocycles. The van der Waals surface area contributed by atoms with E-state index in [9.17, 15) is 10.1 Å². The number of ether oxygens (including phenoxy) is 1. The summed E-state index contributed by atoms with van der Waals surface area (Å²) in [7, 11) is 0. The molecule has 0 aliphatic heterocycles. The highest BCUT2D eigenvalue weighted by atomic mass is 16.6. The van der Waals surface area contributed by atoms with Crippen LogP contribution in [0.1, 0.15) is 47.5 Å². The maximum absolute atomic E-state index is 11.4. The molecular weight excluding hydrogens is 268 g/mol. The van der Waals surface area contributed by atoms with Gasteiger partial charge in [-0.2, -0.15) is 0 Å². The van der Waals surface area contributed by atoms with Crippen LogP contribution >= 0.6 is 0 Å². The Morgan fingerprint density at radius 2 is 1.86 bits per heavy atom. The predicted octanol–water partition coefficient (Wildman–Crippen LogP) is 4.62. The monoisotopic (exact) mass is 294 g/mol. The predicted molar refractivity (Wildman–Crippen MR) is 86.0 cm³/mol. The fraction of sp³-hybridized carbons (Fsp3) is 0.625. The molecule has 5 nitrogen and oxygen atoms in total. The third-order valence-corrected chi connectivity index (χ3v) is 3.68. The third kappa shape index (κ3) is 4.62. The fourth-order valence-electron chi connectivity index (χ4n) is 2.54. The number of anilines is 1. The molecule has 1 atom stereocenters. The van der Waals surface area contributed by atoms with Gasteiger partial charge in [0.15, 0.2) is 5.75 Å². The van der Waals surface area contributed by atoms with Crippen LogP contribution in [0.25, 0.3) is 0 Å². The summed E-state index contributed by atoms with van der Waals surface area (Å²) in [4.78, 5) is 11.0. The second kappa shape index (κ2) is 7.86. The van der Waals surface area contributed by atoms with Gasteiger partial charge in [-0.3, -0.25) is 10.1 Å². The number of nitrogens with zero attached hydrogens (tertiary/aromatic N) is 1. The summed E-state index contributed by atoms with van der Waals surface area (Å²) < 4.78 is 5.56. The van der Waals surface area contributed by atoms with Gasteiger partial charge in [0.25, 0.3) is 0 Å². The minimum Gasteiger partial charge on any atom is -0.484 e. The lowest BCUT2D eigenvalue weighted by molar-refractivity contribution is -0.385.